The van der Waals surface area contributed by atoms with Crippen LogP contribution in [0.3, 0.4) is 0 Å². The number of quaternary nitrogens is 1. The van der Waals surface area contributed by atoms with Crippen LogP contribution in [0.25, 0.3) is 0 Å². The highest BCUT2D eigenvalue weighted by Crippen LogP contribution is 2.67. The summed E-state index contributed by atoms with van der Waals surface area (Å²) in [5, 5.41) is 0. The van der Waals surface area contributed by atoms with Gasteiger partial charge in [0.2, 0.25) is 0 Å². The third-order valence-electron chi connectivity index (χ3n) is 14.1. The smallest absolute Gasteiger partial charge is 0.306 e. The Balaban J connectivity index is 1.29. The molecule has 0 aromatic heterocycles. The minimum absolute atomic E-state index is 0.0314. The Hall–Kier alpha value is -1.14. The van der Waals surface area contributed by atoms with Crippen LogP contribution < -0.4 is 0 Å². The first-order valence-corrected chi connectivity index (χ1v) is 18.0. The first-order chi connectivity index (χ1) is 20.1. The van der Waals surface area contributed by atoms with Gasteiger partial charge in [-0.25, -0.2) is 0 Å². The molecule has 6 heteroatoms. The van der Waals surface area contributed by atoms with E-state index in [0.717, 1.165) is 36.3 Å². The lowest BCUT2D eigenvalue weighted by Crippen LogP contribution is -2.61. The van der Waals surface area contributed by atoms with Gasteiger partial charge in [0.1, 0.15) is 12.1 Å². The number of carbonyl (C=O) groups excluding carboxylic acids is 2. The van der Waals surface area contributed by atoms with Crippen molar-refractivity contribution in [1.29, 1.82) is 0 Å². The average molecular weight is 586 g/mol. The van der Waals surface area contributed by atoms with Gasteiger partial charge in [0.05, 0.1) is 20.1 Å². The number of ether oxygens (including phenoxy) is 2. The SMILES string of the molecule is CCCC(=O)OC1C([N+]2(C)CCCCC2)CC2C3CCC4CC(OC(C)=O)C(N5CCCCC5)CC4(C)C3CCC21C. The Bertz CT molecular complexity index is 989. The lowest BCUT2D eigenvalue weighted by Gasteiger charge is -2.62. The topological polar surface area (TPSA) is 55.8 Å². The largest absolute Gasteiger partial charge is 0.461 e. The molecule has 4 aliphatic carbocycles. The summed E-state index contributed by atoms with van der Waals surface area (Å²) in [4.78, 5) is 28.0. The predicted octanol–water partition coefficient (Wildman–Crippen LogP) is 6.75. The number of hydrogen-bond donors (Lipinski definition) is 0. The summed E-state index contributed by atoms with van der Waals surface area (Å²) in [6.07, 6.45) is 17.7. The fraction of sp³-hybridized carbons (Fsp3) is 0.944. The summed E-state index contributed by atoms with van der Waals surface area (Å²) in [5.41, 5.74) is 0.372. The summed E-state index contributed by atoms with van der Waals surface area (Å²) < 4.78 is 13.8. The van der Waals surface area contributed by atoms with E-state index in [1.54, 1.807) is 6.92 Å². The van der Waals surface area contributed by atoms with Gasteiger partial charge in [-0.1, -0.05) is 27.2 Å². The standard InChI is InChI=1S/C36H61N2O4/c1-6-13-33(40)42-34-31(38(5)20-11-8-12-21-38)23-29-27-15-14-26-22-32(41-25(2)39)30(37-18-9-7-10-19-37)24-36(26,4)28(27)16-17-35(29,34)3/h26-32,34H,6-24H2,1-5H3/q+1. The van der Waals surface area contributed by atoms with Crippen molar-refractivity contribution >= 4 is 11.9 Å². The van der Waals surface area contributed by atoms with Crippen LogP contribution >= 0.6 is 0 Å². The van der Waals surface area contributed by atoms with Crippen LogP contribution in [0.1, 0.15) is 124 Å². The van der Waals surface area contributed by atoms with Gasteiger partial charge in [0.15, 0.2) is 6.10 Å². The summed E-state index contributed by atoms with van der Waals surface area (Å²) in [6.45, 7) is 13.6. The molecule has 0 N–H and O–H groups in total. The van der Waals surface area contributed by atoms with Crippen molar-refractivity contribution in [3.63, 3.8) is 0 Å². The Morgan fingerprint density at radius 1 is 0.881 bits per heavy atom. The van der Waals surface area contributed by atoms with E-state index in [4.69, 9.17) is 9.47 Å². The van der Waals surface area contributed by atoms with Crippen molar-refractivity contribution in [2.24, 2.45) is 34.5 Å². The number of hydrogen-bond acceptors (Lipinski definition) is 5. The molecule has 6 rings (SSSR count). The molecule has 238 valence electrons. The summed E-state index contributed by atoms with van der Waals surface area (Å²) in [5.74, 6) is 2.63. The zero-order chi connectivity index (χ0) is 29.7. The predicted molar refractivity (Wildman–Crippen MR) is 166 cm³/mol. The Morgan fingerprint density at radius 2 is 1.60 bits per heavy atom. The van der Waals surface area contributed by atoms with E-state index in [0.29, 0.717) is 41.7 Å². The van der Waals surface area contributed by atoms with Crippen molar-refractivity contribution in [3.8, 4) is 0 Å². The second-order valence-corrected chi connectivity index (χ2v) is 16.4. The molecule has 6 nitrogen and oxygen atoms in total. The number of likely N-dealkylation sites (N-methyl/N-ethyl adjacent to an activating group) is 1. The van der Waals surface area contributed by atoms with Gasteiger partial charge in [0.25, 0.3) is 0 Å². The van der Waals surface area contributed by atoms with Crippen LogP contribution in [0.15, 0.2) is 0 Å². The fourth-order valence-corrected chi connectivity index (χ4v) is 11.9. The molecule has 6 aliphatic rings. The first-order valence-electron chi connectivity index (χ1n) is 18.0. The molecule has 2 saturated heterocycles. The third-order valence-corrected chi connectivity index (χ3v) is 14.1. The molecule has 0 bridgehead atoms. The number of rotatable bonds is 6. The molecule has 0 spiro atoms. The second kappa shape index (κ2) is 12.0. The van der Waals surface area contributed by atoms with Gasteiger partial charge in [-0.15, -0.1) is 0 Å². The van der Waals surface area contributed by atoms with E-state index < -0.39 is 0 Å². The zero-order valence-corrected chi connectivity index (χ0v) is 27.6. The number of likely N-dealkylation sites (tertiary alicyclic amines) is 2. The summed E-state index contributed by atoms with van der Waals surface area (Å²) in [6, 6.07) is 0.797. The van der Waals surface area contributed by atoms with Crippen molar-refractivity contribution in [3.05, 3.63) is 0 Å². The monoisotopic (exact) mass is 585 g/mol. The van der Waals surface area contributed by atoms with Crippen LogP contribution in [0.5, 0.6) is 0 Å². The normalized spacial score (nSPS) is 45.3. The maximum Gasteiger partial charge on any atom is 0.306 e. The highest BCUT2D eigenvalue weighted by molar-refractivity contribution is 5.69. The molecule has 42 heavy (non-hydrogen) atoms. The molecular formula is C36H61N2O4+. The van der Waals surface area contributed by atoms with Crippen LogP contribution in [0.4, 0.5) is 0 Å². The average Bonchev–Trinajstić information content (AvgIpc) is 3.26. The highest BCUT2D eigenvalue weighted by Gasteiger charge is 2.67. The maximum absolute atomic E-state index is 13.1. The van der Waals surface area contributed by atoms with Gasteiger partial charge in [-0.3, -0.25) is 14.5 Å². The molecule has 6 fully saturated rings. The molecular weight excluding hydrogens is 524 g/mol. The molecule has 4 saturated carbocycles. The van der Waals surface area contributed by atoms with Crippen LogP contribution in [-0.2, 0) is 19.1 Å². The number of carbonyl (C=O) groups is 2. The van der Waals surface area contributed by atoms with Gasteiger partial charge in [0, 0.05) is 31.2 Å². The fourth-order valence-electron chi connectivity index (χ4n) is 11.9. The Morgan fingerprint density at radius 3 is 2.29 bits per heavy atom. The molecule has 10 unspecified atom stereocenters. The van der Waals surface area contributed by atoms with Crippen molar-refractivity contribution in [2.45, 2.75) is 148 Å². The van der Waals surface area contributed by atoms with Crippen molar-refractivity contribution in [1.82, 2.24) is 4.90 Å². The molecule has 0 amide bonds. The van der Waals surface area contributed by atoms with E-state index in [1.807, 2.05) is 0 Å². The number of piperidine rings is 2. The molecule has 10 atom stereocenters. The lowest BCUT2D eigenvalue weighted by atomic mass is 9.44. The molecule has 0 radical (unpaired) electrons. The summed E-state index contributed by atoms with van der Waals surface area (Å²) in [7, 11) is 2.49. The zero-order valence-electron chi connectivity index (χ0n) is 27.6. The molecule has 0 aromatic carbocycles. The van der Waals surface area contributed by atoms with E-state index in [-0.39, 0.29) is 29.6 Å². The highest BCUT2D eigenvalue weighted by atomic mass is 16.5. The van der Waals surface area contributed by atoms with Crippen LogP contribution in [0.2, 0.25) is 0 Å². The number of fused-ring (bicyclic) bond motifs is 5. The van der Waals surface area contributed by atoms with Gasteiger partial charge in [-0.2, -0.15) is 0 Å². The van der Waals surface area contributed by atoms with Crippen molar-refractivity contribution < 1.29 is 23.5 Å². The minimum atomic E-state index is -0.109. The maximum atomic E-state index is 13.1. The molecule has 2 aliphatic heterocycles. The van der Waals surface area contributed by atoms with E-state index in [1.165, 1.54) is 90.1 Å². The second-order valence-electron chi connectivity index (χ2n) is 16.4. The quantitative estimate of drug-likeness (QED) is 0.255. The Kier molecular flexibility index (Phi) is 8.81. The van der Waals surface area contributed by atoms with Crippen LogP contribution in [0, 0.1) is 34.5 Å². The molecule has 0 aromatic rings. The summed E-state index contributed by atoms with van der Waals surface area (Å²) >= 11 is 0. The van der Waals surface area contributed by atoms with E-state index >= 15 is 0 Å². The van der Waals surface area contributed by atoms with E-state index in [9.17, 15) is 9.59 Å². The van der Waals surface area contributed by atoms with Gasteiger partial charge >= 0.3 is 11.9 Å². The first kappa shape index (κ1) is 30.9. The van der Waals surface area contributed by atoms with Gasteiger partial charge in [-0.05, 0) is 119 Å². The Labute approximate surface area is 256 Å². The number of esters is 2. The minimum Gasteiger partial charge on any atom is -0.461 e. The number of nitrogens with zero attached hydrogens (tertiary/aromatic N) is 2. The van der Waals surface area contributed by atoms with Gasteiger partial charge < -0.3 is 14.0 Å². The third kappa shape index (κ3) is 5.37. The van der Waals surface area contributed by atoms with E-state index in [2.05, 4.69) is 32.7 Å². The lowest BCUT2D eigenvalue weighted by molar-refractivity contribution is -0.940. The van der Waals surface area contributed by atoms with Crippen LogP contribution in [-0.4, -0.2) is 78.8 Å². The molecule has 2 heterocycles. The van der Waals surface area contributed by atoms with Crippen molar-refractivity contribution in [2.75, 3.05) is 33.2 Å².